The molecule has 18 heavy (non-hydrogen) atoms. The van der Waals surface area contributed by atoms with Crippen LogP contribution in [0.1, 0.15) is 18.1 Å². The Balaban J connectivity index is 1.88. The fourth-order valence-electron chi connectivity index (χ4n) is 1.88. The summed E-state index contributed by atoms with van der Waals surface area (Å²) >= 11 is 0. The average Bonchev–Trinajstić information content (AvgIpc) is 2.29. The van der Waals surface area contributed by atoms with Gasteiger partial charge in [-0.3, -0.25) is 4.79 Å². The third-order valence-corrected chi connectivity index (χ3v) is 3.22. The average molecular weight is 248 g/mol. The molecule has 1 heterocycles. The van der Waals surface area contributed by atoms with E-state index >= 15 is 0 Å². The third-order valence-electron chi connectivity index (χ3n) is 3.22. The lowest BCUT2D eigenvalue weighted by molar-refractivity contribution is -0.130. The molecular formula is C14H20N2O2. The Kier molecular flexibility index (Phi) is 3.68. The van der Waals surface area contributed by atoms with Gasteiger partial charge in [0.15, 0.2) is 0 Å². The van der Waals surface area contributed by atoms with Crippen molar-refractivity contribution in [2.75, 3.05) is 25.0 Å². The molecule has 1 aliphatic rings. The zero-order chi connectivity index (χ0) is 13.2. The highest BCUT2D eigenvalue weighted by Gasteiger charge is 2.32. The molecule has 0 atom stereocenters. The van der Waals surface area contributed by atoms with Gasteiger partial charge < -0.3 is 15.4 Å². The molecule has 0 aliphatic carbocycles. The molecule has 0 bridgehead atoms. The van der Waals surface area contributed by atoms with Crippen LogP contribution in [0, 0.1) is 13.8 Å². The Morgan fingerprint density at radius 2 is 2.17 bits per heavy atom. The third kappa shape index (κ3) is 3.09. The molecule has 0 saturated carbocycles. The van der Waals surface area contributed by atoms with Crippen LogP contribution in [0.25, 0.3) is 0 Å². The minimum atomic E-state index is -0.182. The highest BCUT2D eigenvalue weighted by Crippen LogP contribution is 2.17. The van der Waals surface area contributed by atoms with Crippen LogP contribution in [0.15, 0.2) is 18.2 Å². The predicted molar refractivity (Wildman–Crippen MR) is 71.8 cm³/mol. The fourth-order valence-corrected chi connectivity index (χ4v) is 1.88. The van der Waals surface area contributed by atoms with Crippen LogP contribution in [0.3, 0.4) is 0 Å². The van der Waals surface area contributed by atoms with E-state index in [2.05, 4.69) is 10.6 Å². The van der Waals surface area contributed by atoms with Crippen molar-refractivity contribution >= 4 is 11.6 Å². The number of ether oxygens (including phenoxy) is 1. The smallest absolute Gasteiger partial charge is 0.250 e. The molecule has 1 saturated heterocycles. The Bertz CT molecular complexity index is 453. The molecule has 4 nitrogen and oxygen atoms in total. The molecule has 0 unspecified atom stereocenters. The highest BCUT2D eigenvalue weighted by molar-refractivity contribution is 5.92. The summed E-state index contributed by atoms with van der Waals surface area (Å²) in [6.45, 7) is 7.72. The standard InChI is InChI=1S/C14H20N2O2/c1-10-4-5-11(2)12(6-10)16-13(17)7-18-14(3)8-15-9-14/h4-6,15H,7-9H2,1-3H3,(H,16,17). The Morgan fingerprint density at radius 3 is 2.78 bits per heavy atom. The lowest BCUT2D eigenvalue weighted by atomic mass is 10.0. The van der Waals surface area contributed by atoms with E-state index in [1.807, 2.05) is 39.0 Å². The summed E-state index contributed by atoms with van der Waals surface area (Å²) in [6.07, 6.45) is 0. The Labute approximate surface area is 108 Å². The van der Waals surface area contributed by atoms with Crippen molar-refractivity contribution in [2.24, 2.45) is 0 Å². The summed E-state index contributed by atoms with van der Waals surface area (Å²) in [5.41, 5.74) is 2.87. The molecule has 0 aromatic heterocycles. The molecule has 2 N–H and O–H groups in total. The summed E-state index contributed by atoms with van der Waals surface area (Å²) < 4.78 is 5.60. The number of amides is 1. The van der Waals surface area contributed by atoms with Crippen LogP contribution in [0.4, 0.5) is 5.69 Å². The van der Waals surface area contributed by atoms with Gasteiger partial charge in [-0.2, -0.15) is 0 Å². The lowest BCUT2D eigenvalue weighted by Gasteiger charge is -2.38. The predicted octanol–water partition coefficient (Wildman–Crippen LogP) is 1.62. The molecule has 1 fully saturated rings. The number of anilines is 1. The molecule has 1 aromatic rings. The van der Waals surface area contributed by atoms with Gasteiger partial charge in [-0.25, -0.2) is 0 Å². The van der Waals surface area contributed by atoms with Gasteiger partial charge in [0.2, 0.25) is 5.91 Å². The summed E-state index contributed by atoms with van der Waals surface area (Å²) in [7, 11) is 0. The van der Waals surface area contributed by atoms with Gasteiger partial charge in [-0.1, -0.05) is 12.1 Å². The van der Waals surface area contributed by atoms with Gasteiger partial charge in [-0.15, -0.1) is 0 Å². The Morgan fingerprint density at radius 1 is 1.44 bits per heavy atom. The van der Waals surface area contributed by atoms with Gasteiger partial charge in [0.05, 0.1) is 5.60 Å². The van der Waals surface area contributed by atoms with Crippen LogP contribution in [-0.4, -0.2) is 31.2 Å². The van der Waals surface area contributed by atoms with E-state index in [1.165, 1.54) is 0 Å². The molecule has 4 heteroatoms. The van der Waals surface area contributed by atoms with Crippen LogP contribution in [0.2, 0.25) is 0 Å². The van der Waals surface area contributed by atoms with Crippen LogP contribution >= 0.6 is 0 Å². The maximum atomic E-state index is 11.8. The van der Waals surface area contributed by atoms with E-state index < -0.39 is 0 Å². The number of benzene rings is 1. The summed E-state index contributed by atoms with van der Waals surface area (Å²) in [5, 5.41) is 6.02. The maximum Gasteiger partial charge on any atom is 0.250 e. The maximum absolute atomic E-state index is 11.8. The zero-order valence-corrected chi connectivity index (χ0v) is 11.2. The van der Waals surface area contributed by atoms with E-state index in [0.29, 0.717) is 0 Å². The molecule has 98 valence electrons. The second-order valence-electron chi connectivity index (χ2n) is 5.21. The molecule has 2 rings (SSSR count). The van der Waals surface area contributed by atoms with Gasteiger partial charge >= 0.3 is 0 Å². The zero-order valence-electron chi connectivity index (χ0n) is 11.2. The van der Waals surface area contributed by atoms with E-state index in [-0.39, 0.29) is 18.1 Å². The number of carbonyl (C=O) groups is 1. The number of carbonyl (C=O) groups excluding carboxylic acids is 1. The molecule has 0 spiro atoms. The summed E-state index contributed by atoms with van der Waals surface area (Å²) in [4.78, 5) is 11.8. The molecule has 1 aromatic carbocycles. The Hall–Kier alpha value is -1.39. The van der Waals surface area contributed by atoms with E-state index in [1.54, 1.807) is 0 Å². The minimum absolute atomic E-state index is 0.100. The molecular weight excluding hydrogens is 228 g/mol. The topological polar surface area (TPSA) is 50.4 Å². The lowest BCUT2D eigenvalue weighted by Crippen LogP contribution is -2.59. The van der Waals surface area contributed by atoms with Crippen molar-refractivity contribution in [3.05, 3.63) is 29.3 Å². The van der Waals surface area contributed by atoms with Crippen molar-refractivity contribution in [1.82, 2.24) is 5.32 Å². The number of hydrogen-bond donors (Lipinski definition) is 2. The first-order valence-corrected chi connectivity index (χ1v) is 6.20. The summed E-state index contributed by atoms with van der Waals surface area (Å²) in [5.74, 6) is -0.100. The fraction of sp³-hybridized carbons (Fsp3) is 0.500. The number of aryl methyl sites for hydroxylation is 2. The van der Waals surface area contributed by atoms with Gasteiger partial charge in [0.25, 0.3) is 0 Å². The highest BCUT2D eigenvalue weighted by atomic mass is 16.5. The first-order chi connectivity index (χ1) is 8.48. The van der Waals surface area contributed by atoms with Crippen molar-refractivity contribution in [2.45, 2.75) is 26.4 Å². The summed E-state index contributed by atoms with van der Waals surface area (Å²) in [6, 6.07) is 6.01. The monoisotopic (exact) mass is 248 g/mol. The van der Waals surface area contributed by atoms with Crippen molar-refractivity contribution in [3.63, 3.8) is 0 Å². The quantitative estimate of drug-likeness (QED) is 0.851. The number of hydrogen-bond acceptors (Lipinski definition) is 3. The van der Waals surface area contributed by atoms with Crippen LogP contribution in [-0.2, 0) is 9.53 Å². The second-order valence-corrected chi connectivity index (χ2v) is 5.21. The minimum Gasteiger partial charge on any atom is -0.363 e. The van der Waals surface area contributed by atoms with Crippen molar-refractivity contribution < 1.29 is 9.53 Å². The van der Waals surface area contributed by atoms with Crippen molar-refractivity contribution in [1.29, 1.82) is 0 Å². The first kappa shape index (κ1) is 13.1. The van der Waals surface area contributed by atoms with Gasteiger partial charge in [0.1, 0.15) is 6.61 Å². The van der Waals surface area contributed by atoms with Gasteiger partial charge in [0, 0.05) is 18.8 Å². The molecule has 1 aliphatic heterocycles. The molecule has 0 radical (unpaired) electrons. The van der Waals surface area contributed by atoms with Crippen molar-refractivity contribution in [3.8, 4) is 0 Å². The number of nitrogens with one attached hydrogen (secondary N) is 2. The first-order valence-electron chi connectivity index (χ1n) is 6.20. The van der Waals surface area contributed by atoms with E-state index in [9.17, 15) is 4.79 Å². The second kappa shape index (κ2) is 5.08. The van der Waals surface area contributed by atoms with Crippen LogP contribution in [0.5, 0.6) is 0 Å². The largest absolute Gasteiger partial charge is 0.363 e. The van der Waals surface area contributed by atoms with E-state index in [0.717, 1.165) is 29.9 Å². The van der Waals surface area contributed by atoms with E-state index in [4.69, 9.17) is 4.74 Å². The normalized spacial score (nSPS) is 17.1. The number of rotatable bonds is 4. The molecule has 1 amide bonds. The van der Waals surface area contributed by atoms with Crippen LogP contribution < -0.4 is 10.6 Å². The SMILES string of the molecule is Cc1ccc(C)c(NC(=O)COC2(C)CNC2)c1. The van der Waals surface area contributed by atoms with Gasteiger partial charge in [-0.05, 0) is 38.0 Å².